The van der Waals surface area contributed by atoms with Gasteiger partial charge in [-0.2, -0.15) is 0 Å². The fraction of sp³-hybridized carbons (Fsp3) is 0.647. The Morgan fingerprint density at radius 3 is 2.43 bits per heavy atom. The summed E-state index contributed by atoms with van der Waals surface area (Å²) in [4.78, 5) is 21.2. The van der Waals surface area contributed by atoms with Gasteiger partial charge in [0.1, 0.15) is 11.0 Å². The van der Waals surface area contributed by atoms with Crippen LogP contribution in [-0.2, 0) is 0 Å². The predicted molar refractivity (Wildman–Crippen MR) is 97.3 cm³/mol. The topological polar surface area (TPSA) is 48.5 Å². The largest absolute Gasteiger partial charge is 0.373 e. The van der Waals surface area contributed by atoms with Crippen LogP contribution in [0.2, 0.25) is 5.15 Å². The zero-order valence-corrected chi connectivity index (χ0v) is 15.7. The van der Waals surface area contributed by atoms with Crippen molar-refractivity contribution in [2.75, 3.05) is 45.1 Å². The van der Waals surface area contributed by atoms with E-state index >= 15 is 0 Å². The molecule has 5 nitrogen and oxygen atoms in total. The lowest BCUT2D eigenvalue weighted by molar-refractivity contribution is 0.0716. The Morgan fingerprint density at radius 2 is 1.91 bits per heavy atom. The van der Waals surface area contributed by atoms with Gasteiger partial charge in [0.05, 0.1) is 0 Å². The molecule has 0 saturated heterocycles. The maximum Gasteiger partial charge on any atom is 0.254 e. The molecule has 0 aliphatic heterocycles. The van der Waals surface area contributed by atoms with E-state index in [-0.39, 0.29) is 5.91 Å². The number of aromatic nitrogens is 1. The zero-order valence-electron chi connectivity index (χ0n) is 14.9. The summed E-state index contributed by atoms with van der Waals surface area (Å²) in [6.45, 7) is 12.8. The first-order valence-electron chi connectivity index (χ1n) is 8.28. The van der Waals surface area contributed by atoms with Crippen molar-refractivity contribution < 1.29 is 4.79 Å². The van der Waals surface area contributed by atoms with E-state index in [1.807, 2.05) is 4.90 Å². The minimum atomic E-state index is 0.00616. The summed E-state index contributed by atoms with van der Waals surface area (Å²) < 4.78 is 0. The average molecular weight is 341 g/mol. The van der Waals surface area contributed by atoms with Crippen molar-refractivity contribution in [3.05, 3.63) is 22.8 Å². The number of carbonyl (C=O) groups excluding carboxylic acids is 1. The lowest BCUT2D eigenvalue weighted by Crippen LogP contribution is -2.40. The van der Waals surface area contributed by atoms with Gasteiger partial charge >= 0.3 is 0 Å². The lowest BCUT2D eigenvalue weighted by Gasteiger charge is -2.28. The Bertz CT molecular complexity index is 503. The highest BCUT2D eigenvalue weighted by atomic mass is 35.5. The molecule has 1 rings (SSSR count). The second-order valence-corrected chi connectivity index (χ2v) is 6.37. The lowest BCUT2D eigenvalue weighted by atomic mass is 10.1. The van der Waals surface area contributed by atoms with E-state index in [2.05, 4.69) is 42.9 Å². The number of likely N-dealkylation sites (N-methyl/N-ethyl adjacent to an activating group) is 1. The maximum atomic E-state index is 12.9. The van der Waals surface area contributed by atoms with Crippen LogP contribution in [0, 0.1) is 5.92 Å². The molecular weight excluding hydrogens is 312 g/mol. The van der Waals surface area contributed by atoms with E-state index in [1.165, 1.54) is 0 Å². The van der Waals surface area contributed by atoms with E-state index in [9.17, 15) is 4.79 Å². The first-order chi connectivity index (χ1) is 10.9. The molecule has 1 heterocycles. The maximum absolute atomic E-state index is 12.9. The quantitative estimate of drug-likeness (QED) is 0.701. The van der Waals surface area contributed by atoms with E-state index in [0.29, 0.717) is 29.0 Å². The van der Waals surface area contributed by atoms with Crippen LogP contribution in [0.25, 0.3) is 0 Å². The summed E-state index contributed by atoms with van der Waals surface area (Å²) >= 11 is 6.03. The Labute approximate surface area is 145 Å². The van der Waals surface area contributed by atoms with Crippen LogP contribution in [0.3, 0.4) is 0 Å². The summed E-state index contributed by atoms with van der Waals surface area (Å²) in [5, 5.41) is 3.26. The molecule has 0 atom stereocenters. The fourth-order valence-electron chi connectivity index (χ4n) is 2.45. The number of nitrogens with zero attached hydrogens (tertiary/aromatic N) is 3. The van der Waals surface area contributed by atoms with Crippen molar-refractivity contribution in [2.24, 2.45) is 5.92 Å². The number of nitrogens with one attached hydrogen (secondary N) is 1. The SMILES string of the molecule is CCN(CC)CCN(CC(C)C)C(=O)c1cc(Cl)nc(NC)c1. The van der Waals surface area contributed by atoms with Crippen LogP contribution in [0.15, 0.2) is 12.1 Å². The molecule has 0 bridgehead atoms. The number of halogens is 1. The first kappa shape index (κ1) is 19.7. The fourth-order valence-corrected chi connectivity index (χ4v) is 2.66. The summed E-state index contributed by atoms with van der Waals surface area (Å²) in [7, 11) is 1.76. The molecule has 23 heavy (non-hydrogen) atoms. The molecule has 130 valence electrons. The number of rotatable bonds is 9. The van der Waals surface area contributed by atoms with Crippen molar-refractivity contribution in [1.29, 1.82) is 0 Å². The zero-order chi connectivity index (χ0) is 17.4. The van der Waals surface area contributed by atoms with Crippen LogP contribution in [0.1, 0.15) is 38.1 Å². The minimum Gasteiger partial charge on any atom is -0.373 e. The third-order valence-corrected chi connectivity index (χ3v) is 3.94. The summed E-state index contributed by atoms with van der Waals surface area (Å²) in [6.07, 6.45) is 0. The number of amides is 1. The van der Waals surface area contributed by atoms with Gasteiger partial charge in [0.2, 0.25) is 0 Å². The van der Waals surface area contributed by atoms with Crippen LogP contribution >= 0.6 is 11.6 Å². The summed E-state index contributed by atoms with van der Waals surface area (Å²) in [5.74, 6) is 1.03. The van der Waals surface area contributed by atoms with Gasteiger partial charge in [0.25, 0.3) is 5.91 Å². The highest BCUT2D eigenvalue weighted by molar-refractivity contribution is 6.29. The molecular formula is C17H29ClN4O. The van der Waals surface area contributed by atoms with Crippen LogP contribution in [0.5, 0.6) is 0 Å². The van der Waals surface area contributed by atoms with Crippen molar-refractivity contribution in [3.8, 4) is 0 Å². The molecule has 6 heteroatoms. The monoisotopic (exact) mass is 340 g/mol. The van der Waals surface area contributed by atoms with Gasteiger partial charge in [-0.05, 0) is 31.1 Å². The number of anilines is 1. The highest BCUT2D eigenvalue weighted by Crippen LogP contribution is 2.16. The van der Waals surface area contributed by atoms with Crippen molar-refractivity contribution in [3.63, 3.8) is 0 Å². The molecule has 0 radical (unpaired) electrons. The molecule has 0 aromatic carbocycles. The third-order valence-electron chi connectivity index (χ3n) is 3.75. The van der Waals surface area contributed by atoms with Gasteiger partial charge in [-0.15, -0.1) is 0 Å². The van der Waals surface area contributed by atoms with Crippen molar-refractivity contribution in [1.82, 2.24) is 14.8 Å². The molecule has 0 aliphatic carbocycles. The molecule has 1 N–H and O–H groups in total. The Kier molecular flexibility index (Phi) is 8.34. The van der Waals surface area contributed by atoms with Gasteiger partial charge < -0.3 is 15.1 Å². The smallest absolute Gasteiger partial charge is 0.254 e. The summed E-state index contributed by atoms with van der Waals surface area (Å²) in [5.41, 5.74) is 0.578. The number of hydrogen-bond donors (Lipinski definition) is 1. The number of hydrogen-bond acceptors (Lipinski definition) is 4. The van der Waals surface area contributed by atoms with Gasteiger partial charge in [-0.25, -0.2) is 4.98 Å². The molecule has 0 unspecified atom stereocenters. The molecule has 1 aromatic rings. The Balaban J connectivity index is 2.92. The molecule has 0 fully saturated rings. The third kappa shape index (κ3) is 6.36. The predicted octanol–water partition coefficient (Wildman–Crippen LogP) is 3.22. The number of carbonyl (C=O) groups is 1. The van der Waals surface area contributed by atoms with Crippen LogP contribution < -0.4 is 5.32 Å². The van der Waals surface area contributed by atoms with Crippen LogP contribution in [0.4, 0.5) is 5.82 Å². The van der Waals surface area contributed by atoms with Crippen molar-refractivity contribution in [2.45, 2.75) is 27.7 Å². The molecule has 0 aliphatic rings. The first-order valence-corrected chi connectivity index (χ1v) is 8.65. The molecule has 1 amide bonds. The van der Waals surface area contributed by atoms with E-state index in [0.717, 1.165) is 26.2 Å². The van der Waals surface area contributed by atoms with E-state index < -0.39 is 0 Å². The van der Waals surface area contributed by atoms with Crippen molar-refractivity contribution >= 4 is 23.3 Å². The Morgan fingerprint density at radius 1 is 1.26 bits per heavy atom. The van der Waals surface area contributed by atoms with E-state index in [4.69, 9.17) is 11.6 Å². The summed E-state index contributed by atoms with van der Waals surface area (Å²) in [6, 6.07) is 3.38. The molecule has 0 saturated carbocycles. The van der Waals surface area contributed by atoms with Gasteiger partial charge in [-0.3, -0.25) is 4.79 Å². The second-order valence-electron chi connectivity index (χ2n) is 5.99. The highest BCUT2D eigenvalue weighted by Gasteiger charge is 2.19. The molecule has 1 aromatic heterocycles. The minimum absolute atomic E-state index is 0.00616. The second kappa shape index (κ2) is 9.73. The number of pyridine rings is 1. The van der Waals surface area contributed by atoms with E-state index in [1.54, 1.807) is 19.2 Å². The normalized spacial score (nSPS) is 11.1. The average Bonchev–Trinajstić information content (AvgIpc) is 2.52. The standard InChI is InChI=1S/C17H29ClN4O/c1-6-21(7-2)8-9-22(12-13(3)4)17(23)14-10-15(18)20-16(11-14)19-5/h10-11,13H,6-9,12H2,1-5H3,(H,19,20). The Hall–Kier alpha value is -1.33. The van der Waals surface area contributed by atoms with Crippen LogP contribution in [-0.4, -0.2) is 60.5 Å². The van der Waals surface area contributed by atoms with Gasteiger partial charge in [0.15, 0.2) is 0 Å². The van der Waals surface area contributed by atoms with Gasteiger partial charge in [-0.1, -0.05) is 39.3 Å². The van der Waals surface area contributed by atoms with Gasteiger partial charge in [0, 0.05) is 32.2 Å². The molecule has 0 spiro atoms.